The molecule has 6 aromatic rings. The lowest BCUT2D eigenvalue weighted by Crippen LogP contribution is -1.98. The average molecular weight is 436 g/mol. The Morgan fingerprint density at radius 2 is 0.853 bits per heavy atom. The van der Waals surface area contributed by atoms with E-state index >= 15 is 0 Å². The summed E-state index contributed by atoms with van der Waals surface area (Å²) in [4.78, 5) is 0. The molecule has 1 nitrogen and oxygen atoms in total. The van der Waals surface area contributed by atoms with Gasteiger partial charge in [-0.3, -0.25) is 0 Å². The molecule has 0 radical (unpaired) electrons. The Balaban J connectivity index is 1.72. The summed E-state index contributed by atoms with van der Waals surface area (Å²) >= 11 is 0. The van der Waals surface area contributed by atoms with Crippen LogP contribution in [0.5, 0.6) is 0 Å². The molecule has 0 saturated heterocycles. The molecule has 5 aromatic carbocycles. The van der Waals surface area contributed by atoms with Gasteiger partial charge in [0.15, 0.2) is 0 Å². The van der Waals surface area contributed by atoms with Crippen molar-refractivity contribution in [3.63, 3.8) is 0 Å². The van der Waals surface area contributed by atoms with E-state index in [9.17, 15) is 0 Å². The molecule has 0 aliphatic carbocycles. The van der Waals surface area contributed by atoms with Crippen LogP contribution >= 0.6 is 0 Å². The van der Waals surface area contributed by atoms with Crippen LogP contribution < -0.4 is 0 Å². The van der Waals surface area contributed by atoms with E-state index in [0.717, 1.165) is 0 Å². The summed E-state index contributed by atoms with van der Waals surface area (Å²) in [6, 6.07) is 47.8. The molecule has 0 amide bonds. The molecule has 0 aliphatic rings. The van der Waals surface area contributed by atoms with E-state index in [2.05, 4.69) is 145 Å². The van der Waals surface area contributed by atoms with Gasteiger partial charge in [0.1, 0.15) is 0 Å². The third kappa shape index (κ3) is 3.43. The maximum atomic E-state index is 2.35. The number of fused-ring (bicyclic) bond motifs is 3. The summed E-state index contributed by atoms with van der Waals surface area (Å²) in [7, 11) is 2.16. The molecule has 0 saturated carbocycles. The second-order valence-corrected chi connectivity index (χ2v) is 8.66. The van der Waals surface area contributed by atoms with Crippen molar-refractivity contribution in [2.75, 3.05) is 0 Å². The number of hydrogen-bond donors (Lipinski definition) is 0. The quantitative estimate of drug-likeness (QED) is 0.245. The zero-order valence-corrected chi connectivity index (χ0v) is 19.1. The zero-order valence-electron chi connectivity index (χ0n) is 19.1. The van der Waals surface area contributed by atoms with Crippen molar-refractivity contribution in [1.29, 1.82) is 0 Å². The van der Waals surface area contributed by atoms with Crippen LogP contribution in [0.2, 0.25) is 0 Å². The number of rotatable bonds is 4. The molecule has 0 fully saturated rings. The van der Waals surface area contributed by atoms with E-state index in [1.807, 2.05) is 0 Å². The minimum Gasteiger partial charge on any atom is -0.344 e. The van der Waals surface area contributed by atoms with Gasteiger partial charge >= 0.3 is 0 Å². The highest BCUT2D eigenvalue weighted by molar-refractivity contribution is 6.11. The third-order valence-corrected chi connectivity index (χ3v) is 6.64. The monoisotopic (exact) mass is 435 g/mol. The van der Waals surface area contributed by atoms with E-state index in [4.69, 9.17) is 0 Å². The Kier molecular flexibility index (Phi) is 5.08. The summed E-state index contributed by atoms with van der Waals surface area (Å²) in [5.41, 5.74) is 9.83. The molecule has 1 heteroatoms. The fourth-order valence-electron chi connectivity index (χ4n) is 5.04. The summed E-state index contributed by atoms with van der Waals surface area (Å²) in [6.07, 6.45) is 0. The van der Waals surface area contributed by atoms with E-state index in [1.165, 1.54) is 55.2 Å². The first kappa shape index (κ1) is 20.3. The highest BCUT2D eigenvalue weighted by atomic mass is 14.9. The minimum absolute atomic E-state index is 1.21. The van der Waals surface area contributed by atoms with Crippen LogP contribution in [-0.4, -0.2) is 4.57 Å². The summed E-state index contributed by atoms with van der Waals surface area (Å²) in [6.45, 7) is 0. The summed E-state index contributed by atoms with van der Waals surface area (Å²) in [5, 5.41) is 2.58. The summed E-state index contributed by atoms with van der Waals surface area (Å²) < 4.78 is 2.31. The SMILES string of the molecule is Cn1c2ccccc2c2ccc(C(=C(c3ccccc3)c3ccccc3)c3ccccc3)cc21. The van der Waals surface area contributed by atoms with Gasteiger partial charge in [-0.2, -0.15) is 0 Å². The van der Waals surface area contributed by atoms with Gasteiger partial charge < -0.3 is 4.57 Å². The van der Waals surface area contributed by atoms with Gasteiger partial charge in [0.2, 0.25) is 0 Å². The fraction of sp³-hybridized carbons (Fsp3) is 0.0303. The van der Waals surface area contributed by atoms with Crippen LogP contribution in [0.25, 0.3) is 33.0 Å². The molecule has 0 bridgehead atoms. The smallest absolute Gasteiger partial charge is 0.0494 e. The minimum atomic E-state index is 1.21. The van der Waals surface area contributed by atoms with Crippen molar-refractivity contribution < 1.29 is 0 Å². The Morgan fingerprint density at radius 1 is 0.412 bits per heavy atom. The lowest BCUT2D eigenvalue weighted by Gasteiger charge is -2.18. The third-order valence-electron chi connectivity index (χ3n) is 6.64. The van der Waals surface area contributed by atoms with Gasteiger partial charge in [0.25, 0.3) is 0 Å². The number of aryl methyl sites for hydroxylation is 1. The molecule has 0 spiro atoms. The number of para-hydroxylation sites is 1. The topological polar surface area (TPSA) is 4.93 Å². The molecule has 6 rings (SSSR count). The first-order valence-corrected chi connectivity index (χ1v) is 11.7. The van der Waals surface area contributed by atoms with Gasteiger partial charge in [0.05, 0.1) is 0 Å². The molecule has 1 aromatic heterocycles. The van der Waals surface area contributed by atoms with Crippen molar-refractivity contribution >= 4 is 33.0 Å². The van der Waals surface area contributed by atoms with E-state index in [-0.39, 0.29) is 0 Å². The Hall–Kier alpha value is -4.36. The predicted octanol–water partition coefficient (Wildman–Crippen LogP) is 8.34. The van der Waals surface area contributed by atoms with E-state index in [0.29, 0.717) is 0 Å². The van der Waals surface area contributed by atoms with Crippen molar-refractivity contribution in [2.45, 2.75) is 0 Å². The summed E-state index contributed by atoms with van der Waals surface area (Å²) in [5.74, 6) is 0. The largest absolute Gasteiger partial charge is 0.344 e. The van der Waals surface area contributed by atoms with Crippen molar-refractivity contribution in [1.82, 2.24) is 4.57 Å². The van der Waals surface area contributed by atoms with Crippen LogP contribution in [0, 0.1) is 0 Å². The van der Waals surface area contributed by atoms with Gasteiger partial charge in [-0.25, -0.2) is 0 Å². The zero-order chi connectivity index (χ0) is 22.9. The van der Waals surface area contributed by atoms with Gasteiger partial charge in [0, 0.05) is 28.9 Å². The predicted molar refractivity (Wildman–Crippen MR) is 145 cm³/mol. The number of aromatic nitrogens is 1. The molecule has 1 heterocycles. The normalized spacial score (nSPS) is 11.1. The molecular weight excluding hydrogens is 410 g/mol. The highest BCUT2D eigenvalue weighted by Gasteiger charge is 2.17. The molecule has 34 heavy (non-hydrogen) atoms. The number of hydrogen-bond acceptors (Lipinski definition) is 0. The molecule has 0 N–H and O–H groups in total. The molecule has 162 valence electrons. The molecular formula is C33H25N. The standard InChI is InChI=1S/C33H25N/c1-34-30-20-12-11-19-28(30)29-22-21-27(23-31(29)34)33(26-17-9-4-10-18-26)32(24-13-5-2-6-14-24)25-15-7-3-8-16-25/h2-23H,1H3. The van der Waals surface area contributed by atoms with Crippen molar-refractivity contribution in [3.8, 4) is 0 Å². The van der Waals surface area contributed by atoms with Crippen LogP contribution in [0.3, 0.4) is 0 Å². The van der Waals surface area contributed by atoms with E-state index in [1.54, 1.807) is 0 Å². The average Bonchev–Trinajstić information content (AvgIpc) is 3.20. The number of nitrogens with zero attached hydrogens (tertiary/aromatic N) is 1. The van der Waals surface area contributed by atoms with Crippen molar-refractivity contribution in [3.05, 3.63) is 156 Å². The Bertz CT molecular complexity index is 1580. The lowest BCUT2D eigenvalue weighted by molar-refractivity contribution is 1.01. The Labute approximate surface area is 200 Å². The maximum Gasteiger partial charge on any atom is 0.0494 e. The van der Waals surface area contributed by atoms with Crippen LogP contribution in [-0.2, 0) is 7.05 Å². The molecule has 0 atom stereocenters. The second-order valence-electron chi connectivity index (χ2n) is 8.66. The first-order valence-electron chi connectivity index (χ1n) is 11.7. The van der Waals surface area contributed by atoms with Crippen LogP contribution in [0.1, 0.15) is 22.3 Å². The highest BCUT2D eigenvalue weighted by Crippen LogP contribution is 2.38. The Morgan fingerprint density at radius 3 is 1.41 bits per heavy atom. The molecule has 0 unspecified atom stereocenters. The van der Waals surface area contributed by atoms with Gasteiger partial charge in [-0.05, 0) is 45.5 Å². The van der Waals surface area contributed by atoms with E-state index < -0.39 is 0 Å². The lowest BCUT2D eigenvalue weighted by atomic mass is 9.85. The van der Waals surface area contributed by atoms with Gasteiger partial charge in [-0.15, -0.1) is 0 Å². The van der Waals surface area contributed by atoms with Crippen molar-refractivity contribution in [2.24, 2.45) is 7.05 Å². The number of benzene rings is 5. The van der Waals surface area contributed by atoms with Gasteiger partial charge in [-0.1, -0.05) is 121 Å². The molecule has 0 aliphatic heterocycles. The fourth-order valence-corrected chi connectivity index (χ4v) is 5.04. The van der Waals surface area contributed by atoms with Crippen LogP contribution in [0.15, 0.2) is 133 Å². The second kappa shape index (κ2) is 8.53. The maximum absolute atomic E-state index is 2.35. The van der Waals surface area contributed by atoms with Crippen LogP contribution in [0.4, 0.5) is 0 Å². The first-order chi connectivity index (χ1) is 16.8.